The Hall–Kier alpha value is -4.07. The molecule has 0 bridgehead atoms. The second-order valence-electron chi connectivity index (χ2n) is 6.28. The Morgan fingerprint density at radius 2 is 1.53 bits per heavy atom. The lowest BCUT2D eigenvalue weighted by molar-refractivity contribution is -0.123. The highest BCUT2D eigenvalue weighted by atomic mass is 16.5. The minimum atomic E-state index is -0.505. The van der Waals surface area contributed by atoms with Gasteiger partial charge in [-0.05, 0) is 42.0 Å². The van der Waals surface area contributed by atoms with Crippen molar-refractivity contribution < 1.29 is 23.5 Å². The van der Waals surface area contributed by atoms with Gasteiger partial charge in [0.25, 0.3) is 5.91 Å². The van der Waals surface area contributed by atoms with Crippen molar-refractivity contribution in [1.29, 1.82) is 0 Å². The molecule has 0 atom stereocenters. The van der Waals surface area contributed by atoms with Crippen molar-refractivity contribution in [3.63, 3.8) is 0 Å². The third-order valence-electron chi connectivity index (χ3n) is 3.99. The van der Waals surface area contributed by atoms with Gasteiger partial charge in [-0.25, -0.2) is 0 Å². The molecule has 0 saturated heterocycles. The molecule has 0 aliphatic rings. The van der Waals surface area contributed by atoms with Gasteiger partial charge in [0.15, 0.2) is 5.76 Å². The molecule has 0 fully saturated rings. The third-order valence-corrected chi connectivity index (χ3v) is 3.99. The molecule has 0 unspecified atom stereocenters. The number of benzene rings is 2. The van der Waals surface area contributed by atoms with Gasteiger partial charge < -0.3 is 25.1 Å². The number of nitrogens with one attached hydrogen (secondary N) is 3. The van der Waals surface area contributed by atoms with Crippen molar-refractivity contribution in [2.24, 2.45) is 0 Å². The standard InChI is InChI=1S/C22H21N3O5/c26-20(13-24-22(28)19-7-4-12-29-19)23-14-21(27)25-17-8-10-18(11-9-17)30-15-16-5-2-1-3-6-16/h1-12H,13-15H2,(H,23,26)(H,24,28)(H,25,27). The predicted octanol–water partition coefficient (Wildman–Crippen LogP) is 2.34. The Bertz CT molecular complexity index is 970. The normalized spacial score (nSPS) is 10.1. The summed E-state index contributed by atoms with van der Waals surface area (Å²) in [5.41, 5.74) is 1.64. The fourth-order valence-corrected chi connectivity index (χ4v) is 2.48. The van der Waals surface area contributed by atoms with E-state index in [4.69, 9.17) is 9.15 Å². The molecular formula is C22H21N3O5. The van der Waals surface area contributed by atoms with Crippen LogP contribution >= 0.6 is 0 Å². The number of furan rings is 1. The first-order valence-corrected chi connectivity index (χ1v) is 9.25. The topological polar surface area (TPSA) is 110 Å². The number of hydrogen-bond acceptors (Lipinski definition) is 5. The Morgan fingerprint density at radius 3 is 2.23 bits per heavy atom. The number of anilines is 1. The monoisotopic (exact) mass is 407 g/mol. The SMILES string of the molecule is O=C(CNC(=O)c1ccco1)NCC(=O)Nc1ccc(OCc2ccccc2)cc1. The highest BCUT2D eigenvalue weighted by molar-refractivity contribution is 5.96. The molecule has 154 valence electrons. The molecule has 1 aromatic heterocycles. The van der Waals surface area contributed by atoms with Crippen LogP contribution in [0.1, 0.15) is 16.1 Å². The molecule has 3 N–H and O–H groups in total. The van der Waals surface area contributed by atoms with Gasteiger partial charge in [-0.1, -0.05) is 30.3 Å². The average molecular weight is 407 g/mol. The predicted molar refractivity (Wildman–Crippen MR) is 110 cm³/mol. The molecule has 30 heavy (non-hydrogen) atoms. The smallest absolute Gasteiger partial charge is 0.287 e. The zero-order valence-electron chi connectivity index (χ0n) is 16.1. The van der Waals surface area contributed by atoms with Crippen LogP contribution in [0.2, 0.25) is 0 Å². The van der Waals surface area contributed by atoms with Crippen molar-refractivity contribution in [2.75, 3.05) is 18.4 Å². The maximum absolute atomic E-state index is 12.0. The Morgan fingerprint density at radius 1 is 0.800 bits per heavy atom. The largest absolute Gasteiger partial charge is 0.489 e. The molecule has 8 nitrogen and oxygen atoms in total. The van der Waals surface area contributed by atoms with Crippen LogP contribution in [0, 0.1) is 0 Å². The van der Waals surface area contributed by atoms with Crippen molar-refractivity contribution in [2.45, 2.75) is 6.61 Å². The van der Waals surface area contributed by atoms with Gasteiger partial charge >= 0.3 is 0 Å². The van der Waals surface area contributed by atoms with Gasteiger partial charge in [0.1, 0.15) is 12.4 Å². The van der Waals surface area contributed by atoms with E-state index in [2.05, 4.69) is 16.0 Å². The average Bonchev–Trinajstić information content (AvgIpc) is 3.31. The lowest BCUT2D eigenvalue weighted by Crippen LogP contribution is -2.40. The van der Waals surface area contributed by atoms with Crippen LogP contribution in [0.3, 0.4) is 0 Å². The zero-order chi connectivity index (χ0) is 21.2. The minimum absolute atomic E-state index is 0.108. The van der Waals surface area contributed by atoms with E-state index in [0.717, 1.165) is 5.56 Å². The van der Waals surface area contributed by atoms with E-state index < -0.39 is 17.7 Å². The summed E-state index contributed by atoms with van der Waals surface area (Å²) >= 11 is 0. The first-order chi connectivity index (χ1) is 14.6. The number of rotatable bonds is 9. The van der Waals surface area contributed by atoms with Crippen molar-refractivity contribution in [3.8, 4) is 5.75 Å². The van der Waals surface area contributed by atoms with Crippen LogP contribution in [0.4, 0.5) is 5.69 Å². The van der Waals surface area contributed by atoms with Gasteiger partial charge in [-0.3, -0.25) is 14.4 Å². The van der Waals surface area contributed by atoms with Gasteiger partial charge in [-0.15, -0.1) is 0 Å². The van der Waals surface area contributed by atoms with E-state index in [9.17, 15) is 14.4 Å². The van der Waals surface area contributed by atoms with E-state index in [1.807, 2.05) is 30.3 Å². The van der Waals surface area contributed by atoms with E-state index in [-0.39, 0.29) is 18.8 Å². The number of amides is 3. The third kappa shape index (κ3) is 6.52. The highest BCUT2D eigenvalue weighted by Crippen LogP contribution is 2.17. The molecule has 0 aliphatic carbocycles. The Balaban J connectivity index is 1.36. The second-order valence-corrected chi connectivity index (χ2v) is 6.28. The van der Waals surface area contributed by atoms with Gasteiger partial charge in [0.05, 0.1) is 19.4 Å². The first-order valence-electron chi connectivity index (χ1n) is 9.25. The molecule has 0 aliphatic heterocycles. The van der Waals surface area contributed by atoms with E-state index >= 15 is 0 Å². The Labute approximate surface area is 173 Å². The van der Waals surface area contributed by atoms with Crippen molar-refractivity contribution >= 4 is 23.4 Å². The molecule has 0 spiro atoms. The molecule has 8 heteroatoms. The van der Waals surface area contributed by atoms with E-state index in [0.29, 0.717) is 18.0 Å². The summed E-state index contributed by atoms with van der Waals surface area (Å²) in [7, 11) is 0. The number of ether oxygens (including phenoxy) is 1. The summed E-state index contributed by atoms with van der Waals surface area (Å²) in [5, 5.41) is 7.50. The lowest BCUT2D eigenvalue weighted by atomic mass is 10.2. The van der Waals surface area contributed by atoms with Crippen LogP contribution in [-0.4, -0.2) is 30.8 Å². The fourth-order valence-electron chi connectivity index (χ4n) is 2.48. The second kappa shape index (κ2) is 10.5. The fraction of sp³-hybridized carbons (Fsp3) is 0.136. The first kappa shape index (κ1) is 20.7. The molecule has 2 aromatic carbocycles. The molecule has 3 rings (SSSR count). The minimum Gasteiger partial charge on any atom is -0.489 e. The van der Waals surface area contributed by atoms with E-state index in [1.54, 1.807) is 30.3 Å². The molecule has 3 aromatic rings. The number of carbonyl (C=O) groups is 3. The lowest BCUT2D eigenvalue weighted by Gasteiger charge is -2.09. The van der Waals surface area contributed by atoms with Crippen molar-refractivity contribution in [1.82, 2.24) is 10.6 Å². The summed E-state index contributed by atoms with van der Waals surface area (Å²) < 4.78 is 10.6. The molecule has 1 heterocycles. The number of hydrogen-bond donors (Lipinski definition) is 3. The van der Waals surface area contributed by atoms with E-state index in [1.165, 1.54) is 12.3 Å². The molecule has 3 amide bonds. The Kier molecular flexibility index (Phi) is 7.21. The van der Waals surface area contributed by atoms with Crippen LogP contribution in [0.15, 0.2) is 77.4 Å². The zero-order valence-corrected chi connectivity index (χ0v) is 16.1. The molecular weight excluding hydrogens is 386 g/mol. The molecule has 0 radical (unpaired) electrons. The maximum atomic E-state index is 12.0. The number of carbonyl (C=O) groups excluding carboxylic acids is 3. The highest BCUT2D eigenvalue weighted by Gasteiger charge is 2.11. The summed E-state index contributed by atoms with van der Waals surface area (Å²) in [6, 6.07) is 19.8. The molecule has 0 saturated carbocycles. The van der Waals surface area contributed by atoms with Gasteiger partial charge in [0, 0.05) is 5.69 Å². The summed E-state index contributed by atoms with van der Waals surface area (Å²) in [6.07, 6.45) is 1.36. The summed E-state index contributed by atoms with van der Waals surface area (Å²) in [6.45, 7) is -0.0307. The van der Waals surface area contributed by atoms with Gasteiger partial charge in [-0.2, -0.15) is 0 Å². The van der Waals surface area contributed by atoms with Gasteiger partial charge in [0.2, 0.25) is 11.8 Å². The van der Waals surface area contributed by atoms with Crippen LogP contribution < -0.4 is 20.7 Å². The summed E-state index contributed by atoms with van der Waals surface area (Å²) in [4.78, 5) is 35.4. The summed E-state index contributed by atoms with van der Waals surface area (Å²) in [5.74, 6) is -0.600. The van der Waals surface area contributed by atoms with Crippen LogP contribution in [0.5, 0.6) is 5.75 Å². The maximum Gasteiger partial charge on any atom is 0.287 e. The van der Waals surface area contributed by atoms with Crippen molar-refractivity contribution in [3.05, 3.63) is 84.3 Å². The quantitative estimate of drug-likeness (QED) is 0.504. The van der Waals surface area contributed by atoms with Crippen LogP contribution in [0.25, 0.3) is 0 Å². The van der Waals surface area contributed by atoms with Crippen LogP contribution in [-0.2, 0) is 16.2 Å².